The third-order valence-corrected chi connectivity index (χ3v) is 3.98. The summed E-state index contributed by atoms with van der Waals surface area (Å²) in [5.41, 5.74) is 3.46. The van der Waals surface area contributed by atoms with Gasteiger partial charge in [0.25, 0.3) is 0 Å². The fourth-order valence-electron chi connectivity index (χ4n) is 2.40. The fourth-order valence-corrected chi connectivity index (χ4v) is 2.98. The lowest BCUT2D eigenvalue weighted by atomic mass is 10.0. The standard InChI is InChI=1S/C15H20BrN3O/c1-5-17-14(15-12(16)9-18-19(15)3)11-6-7-13(20-4)10(2)8-11/h6-9,14,17H,5H2,1-4H3. The van der Waals surface area contributed by atoms with E-state index < -0.39 is 0 Å². The second-order valence-electron chi connectivity index (χ2n) is 4.72. The molecule has 0 fully saturated rings. The van der Waals surface area contributed by atoms with Crippen LogP contribution in [-0.4, -0.2) is 23.4 Å². The monoisotopic (exact) mass is 337 g/mol. The largest absolute Gasteiger partial charge is 0.496 e. The molecule has 5 heteroatoms. The molecule has 0 aliphatic rings. The van der Waals surface area contributed by atoms with E-state index in [1.807, 2.05) is 24.0 Å². The summed E-state index contributed by atoms with van der Waals surface area (Å²) in [6.45, 7) is 5.05. The summed E-state index contributed by atoms with van der Waals surface area (Å²) in [4.78, 5) is 0. The van der Waals surface area contributed by atoms with Crippen molar-refractivity contribution >= 4 is 15.9 Å². The number of hydrogen-bond donors (Lipinski definition) is 1. The van der Waals surface area contributed by atoms with Crippen molar-refractivity contribution in [1.29, 1.82) is 0 Å². The van der Waals surface area contributed by atoms with Crippen LogP contribution in [0.2, 0.25) is 0 Å². The Balaban J connectivity index is 2.46. The second kappa shape index (κ2) is 6.41. The lowest BCUT2D eigenvalue weighted by Gasteiger charge is -2.20. The first-order valence-electron chi connectivity index (χ1n) is 6.63. The van der Waals surface area contributed by atoms with Gasteiger partial charge in [-0.05, 0) is 46.6 Å². The van der Waals surface area contributed by atoms with Gasteiger partial charge in [0.2, 0.25) is 0 Å². The average molecular weight is 338 g/mol. The molecule has 20 heavy (non-hydrogen) atoms. The summed E-state index contributed by atoms with van der Waals surface area (Å²) in [7, 11) is 3.66. The van der Waals surface area contributed by atoms with Crippen LogP contribution in [-0.2, 0) is 7.05 Å². The number of nitrogens with zero attached hydrogens (tertiary/aromatic N) is 2. The number of benzene rings is 1. The van der Waals surface area contributed by atoms with E-state index in [9.17, 15) is 0 Å². The lowest BCUT2D eigenvalue weighted by Crippen LogP contribution is -2.24. The second-order valence-corrected chi connectivity index (χ2v) is 5.58. The smallest absolute Gasteiger partial charge is 0.121 e. The van der Waals surface area contributed by atoms with Crippen LogP contribution in [0.4, 0.5) is 0 Å². The molecule has 1 N–H and O–H groups in total. The highest BCUT2D eigenvalue weighted by molar-refractivity contribution is 9.10. The van der Waals surface area contributed by atoms with Crippen molar-refractivity contribution in [3.05, 3.63) is 45.7 Å². The van der Waals surface area contributed by atoms with Crippen molar-refractivity contribution in [1.82, 2.24) is 15.1 Å². The van der Waals surface area contributed by atoms with Crippen LogP contribution in [0.15, 0.2) is 28.9 Å². The molecule has 1 aromatic heterocycles. The van der Waals surface area contributed by atoms with Crippen LogP contribution >= 0.6 is 15.9 Å². The number of aryl methyl sites for hydroxylation is 2. The molecule has 0 bridgehead atoms. The number of hydrogen-bond acceptors (Lipinski definition) is 3. The summed E-state index contributed by atoms with van der Waals surface area (Å²) in [6.07, 6.45) is 1.83. The van der Waals surface area contributed by atoms with Crippen LogP contribution in [0.3, 0.4) is 0 Å². The third-order valence-electron chi connectivity index (χ3n) is 3.37. The number of ether oxygens (including phenoxy) is 1. The van der Waals surface area contributed by atoms with E-state index in [1.54, 1.807) is 7.11 Å². The van der Waals surface area contributed by atoms with Crippen molar-refractivity contribution in [2.75, 3.05) is 13.7 Å². The molecule has 1 atom stereocenters. The molecule has 2 rings (SSSR count). The predicted molar refractivity (Wildman–Crippen MR) is 84.2 cm³/mol. The number of methoxy groups -OCH3 is 1. The van der Waals surface area contributed by atoms with Gasteiger partial charge in [-0.25, -0.2) is 0 Å². The minimum absolute atomic E-state index is 0.103. The van der Waals surface area contributed by atoms with E-state index in [4.69, 9.17) is 4.74 Å². The zero-order chi connectivity index (χ0) is 14.7. The molecule has 1 unspecified atom stereocenters. The summed E-state index contributed by atoms with van der Waals surface area (Å²) in [5.74, 6) is 0.910. The molecule has 1 aromatic carbocycles. The molecule has 0 aliphatic heterocycles. The van der Waals surface area contributed by atoms with Crippen molar-refractivity contribution in [2.45, 2.75) is 19.9 Å². The Bertz CT molecular complexity index is 575. The van der Waals surface area contributed by atoms with Crippen molar-refractivity contribution in [3.63, 3.8) is 0 Å². The van der Waals surface area contributed by atoms with Crippen LogP contribution in [0.25, 0.3) is 0 Å². The van der Waals surface area contributed by atoms with E-state index >= 15 is 0 Å². The highest BCUT2D eigenvalue weighted by Gasteiger charge is 2.20. The molecule has 4 nitrogen and oxygen atoms in total. The first-order valence-corrected chi connectivity index (χ1v) is 7.43. The van der Waals surface area contributed by atoms with Gasteiger partial charge in [-0.1, -0.05) is 19.1 Å². The maximum Gasteiger partial charge on any atom is 0.121 e. The number of rotatable bonds is 5. The van der Waals surface area contributed by atoms with Gasteiger partial charge in [0, 0.05) is 7.05 Å². The first-order chi connectivity index (χ1) is 9.58. The SMILES string of the molecule is CCNC(c1ccc(OC)c(C)c1)c1c(Br)cnn1C. The quantitative estimate of drug-likeness (QED) is 0.910. The van der Waals surface area contributed by atoms with Gasteiger partial charge in [0.15, 0.2) is 0 Å². The van der Waals surface area contributed by atoms with Crippen LogP contribution in [0.5, 0.6) is 5.75 Å². The Morgan fingerprint density at radius 1 is 1.45 bits per heavy atom. The molecular weight excluding hydrogens is 318 g/mol. The molecule has 0 radical (unpaired) electrons. The maximum atomic E-state index is 5.33. The number of nitrogens with one attached hydrogen (secondary N) is 1. The Labute approximate surface area is 128 Å². The van der Waals surface area contributed by atoms with Gasteiger partial charge >= 0.3 is 0 Å². The lowest BCUT2D eigenvalue weighted by molar-refractivity contribution is 0.411. The maximum absolute atomic E-state index is 5.33. The average Bonchev–Trinajstić information content (AvgIpc) is 2.76. The van der Waals surface area contributed by atoms with Crippen LogP contribution in [0.1, 0.15) is 29.8 Å². The van der Waals surface area contributed by atoms with Gasteiger partial charge in [0.05, 0.1) is 29.5 Å². The zero-order valence-corrected chi connectivity index (χ0v) is 13.9. The van der Waals surface area contributed by atoms with Gasteiger partial charge in [-0.3, -0.25) is 4.68 Å². The van der Waals surface area contributed by atoms with Gasteiger partial charge in [-0.15, -0.1) is 0 Å². The Hall–Kier alpha value is -1.33. The molecular formula is C15H20BrN3O. The Morgan fingerprint density at radius 3 is 2.70 bits per heavy atom. The highest BCUT2D eigenvalue weighted by Crippen LogP contribution is 2.30. The van der Waals surface area contributed by atoms with Gasteiger partial charge in [-0.2, -0.15) is 5.10 Å². The van der Waals surface area contributed by atoms with E-state index in [1.165, 1.54) is 5.56 Å². The van der Waals surface area contributed by atoms with Crippen LogP contribution < -0.4 is 10.1 Å². The van der Waals surface area contributed by atoms with E-state index in [0.29, 0.717) is 0 Å². The fraction of sp³-hybridized carbons (Fsp3) is 0.400. The molecule has 0 saturated carbocycles. The molecule has 108 valence electrons. The van der Waals surface area contributed by atoms with E-state index in [0.717, 1.165) is 28.0 Å². The van der Waals surface area contributed by atoms with Gasteiger partial charge < -0.3 is 10.1 Å². The Morgan fingerprint density at radius 2 is 2.20 bits per heavy atom. The molecule has 0 amide bonds. The van der Waals surface area contributed by atoms with Crippen molar-refractivity contribution < 1.29 is 4.74 Å². The normalized spacial score (nSPS) is 12.4. The van der Waals surface area contributed by atoms with E-state index in [2.05, 4.69) is 52.3 Å². The number of aromatic nitrogens is 2. The third kappa shape index (κ3) is 2.88. The summed E-state index contributed by atoms with van der Waals surface area (Å²) in [6, 6.07) is 6.37. The van der Waals surface area contributed by atoms with Crippen molar-refractivity contribution in [2.24, 2.45) is 7.05 Å². The number of halogens is 1. The first kappa shape index (κ1) is 15.1. The topological polar surface area (TPSA) is 39.1 Å². The highest BCUT2D eigenvalue weighted by atomic mass is 79.9. The van der Waals surface area contributed by atoms with E-state index in [-0.39, 0.29) is 6.04 Å². The summed E-state index contributed by atoms with van der Waals surface area (Å²) in [5, 5.41) is 7.82. The van der Waals surface area contributed by atoms with Gasteiger partial charge in [0.1, 0.15) is 5.75 Å². The molecule has 2 aromatic rings. The molecule has 0 spiro atoms. The predicted octanol–water partition coefficient (Wildman–Crippen LogP) is 3.20. The van der Waals surface area contributed by atoms with Crippen LogP contribution in [0, 0.1) is 6.92 Å². The molecule has 1 heterocycles. The molecule has 0 aliphatic carbocycles. The summed E-state index contributed by atoms with van der Waals surface area (Å²) < 4.78 is 8.24. The van der Waals surface area contributed by atoms with Crippen molar-refractivity contribution in [3.8, 4) is 5.75 Å². The minimum Gasteiger partial charge on any atom is -0.496 e. The summed E-state index contributed by atoms with van der Waals surface area (Å²) >= 11 is 3.58. The Kier molecular flexibility index (Phi) is 4.83. The zero-order valence-electron chi connectivity index (χ0n) is 12.3. The molecule has 0 saturated heterocycles. The minimum atomic E-state index is 0.103.